The first-order valence-electron chi connectivity index (χ1n) is 7.08. The molecular weight excluding hydrogens is 343 g/mol. The van der Waals surface area contributed by atoms with Crippen molar-refractivity contribution >= 4 is 24.8 Å². The standard InChI is InChI=1S/C15H26N2O4.2ClH/c1-19-13-9-12(10-14(20-2)15(13)21-3)11-17-6-4-5-16-7-8-18;;/h9-10,16-18H,4-8,11H2,1-3H3;2*1H. The molecule has 3 N–H and O–H groups in total. The molecule has 0 saturated carbocycles. The number of aliphatic hydroxyl groups excluding tert-OH is 1. The second-order valence-corrected chi connectivity index (χ2v) is 4.54. The topological polar surface area (TPSA) is 72.0 Å². The largest absolute Gasteiger partial charge is 0.493 e. The maximum atomic E-state index is 8.65. The second kappa shape index (κ2) is 14.7. The Kier molecular flexibility index (Phi) is 15.5. The monoisotopic (exact) mass is 370 g/mol. The summed E-state index contributed by atoms with van der Waals surface area (Å²) in [5.41, 5.74) is 1.08. The van der Waals surface area contributed by atoms with Crippen LogP contribution in [0.1, 0.15) is 12.0 Å². The van der Waals surface area contributed by atoms with Gasteiger partial charge in [-0.3, -0.25) is 0 Å². The Labute approximate surface area is 150 Å². The molecular formula is C15H28Cl2N2O4. The highest BCUT2D eigenvalue weighted by Gasteiger charge is 2.12. The third-order valence-electron chi connectivity index (χ3n) is 3.05. The van der Waals surface area contributed by atoms with Crippen molar-refractivity contribution in [2.24, 2.45) is 0 Å². The maximum Gasteiger partial charge on any atom is 0.203 e. The van der Waals surface area contributed by atoms with Crippen LogP contribution in [0.25, 0.3) is 0 Å². The molecule has 1 aromatic carbocycles. The van der Waals surface area contributed by atoms with E-state index in [1.165, 1.54) is 0 Å². The molecule has 1 rings (SSSR count). The van der Waals surface area contributed by atoms with Gasteiger partial charge < -0.3 is 30.0 Å². The SMILES string of the molecule is COc1cc(CNCCCNCCO)cc(OC)c1OC.Cl.Cl. The van der Waals surface area contributed by atoms with Gasteiger partial charge in [0.15, 0.2) is 11.5 Å². The van der Waals surface area contributed by atoms with Crippen LogP contribution in [0.15, 0.2) is 12.1 Å². The van der Waals surface area contributed by atoms with E-state index in [9.17, 15) is 0 Å². The fourth-order valence-electron chi connectivity index (χ4n) is 2.01. The first-order valence-corrected chi connectivity index (χ1v) is 7.08. The van der Waals surface area contributed by atoms with Gasteiger partial charge in [-0.1, -0.05) is 0 Å². The molecule has 1 aromatic rings. The number of hydrogen-bond acceptors (Lipinski definition) is 6. The van der Waals surface area contributed by atoms with E-state index < -0.39 is 0 Å². The summed E-state index contributed by atoms with van der Waals surface area (Å²) in [6.45, 7) is 3.35. The van der Waals surface area contributed by atoms with Crippen LogP contribution in [-0.2, 0) is 6.54 Å². The number of hydrogen-bond donors (Lipinski definition) is 3. The van der Waals surface area contributed by atoms with Crippen molar-refractivity contribution < 1.29 is 19.3 Å². The van der Waals surface area contributed by atoms with E-state index in [2.05, 4.69) is 10.6 Å². The Morgan fingerprint density at radius 2 is 1.43 bits per heavy atom. The van der Waals surface area contributed by atoms with Gasteiger partial charge in [0.2, 0.25) is 5.75 Å². The maximum absolute atomic E-state index is 8.65. The van der Waals surface area contributed by atoms with Crippen LogP contribution in [0.4, 0.5) is 0 Å². The lowest BCUT2D eigenvalue weighted by molar-refractivity contribution is 0.292. The highest BCUT2D eigenvalue weighted by atomic mass is 35.5. The van der Waals surface area contributed by atoms with Gasteiger partial charge in [0.05, 0.1) is 27.9 Å². The Balaban J connectivity index is 0. The van der Waals surface area contributed by atoms with Crippen molar-refractivity contribution in [3.05, 3.63) is 17.7 Å². The zero-order valence-electron chi connectivity index (χ0n) is 13.9. The van der Waals surface area contributed by atoms with Crippen molar-refractivity contribution in [3.8, 4) is 17.2 Å². The molecule has 0 unspecified atom stereocenters. The van der Waals surface area contributed by atoms with Crippen LogP contribution in [0.3, 0.4) is 0 Å². The molecule has 136 valence electrons. The van der Waals surface area contributed by atoms with Gasteiger partial charge >= 0.3 is 0 Å². The van der Waals surface area contributed by atoms with Gasteiger partial charge in [0, 0.05) is 13.1 Å². The third-order valence-corrected chi connectivity index (χ3v) is 3.05. The summed E-state index contributed by atoms with van der Waals surface area (Å²) in [4.78, 5) is 0. The molecule has 0 saturated heterocycles. The highest BCUT2D eigenvalue weighted by molar-refractivity contribution is 5.85. The Bertz CT molecular complexity index is 397. The molecule has 6 nitrogen and oxygen atoms in total. The summed E-state index contributed by atoms with van der Waals surface area (Å²) in [5, 5.41) is 15.2. The van der Waals surface area contributed by atoms with Crippen LogP contribution < -0.4 is 24.8 Å². The van der Waals surface area contributed by atoms with Gasteiger partial charge in [-0.05, 0) is 37.2 Å². The smallest absolute Gasteiger partial charge is 0.203 e. The molecule has 0 amide bonds. The molecule has 0 atom stereocenters. The molecule has 8 heteroatoms. The molecule has 0 fully saturated rings. The van der Waals surface area contributed by atoms with E-state index >= 15 is 0 Å². The zero-order valence-corrected chi connectivity index (χ0v) is 15.5. The van der Waals surface area contributed by atoms with E-state index in [4.69, 9.17) is 19.3 Å². The molecule has 0 spiro atoms. The lowest BCUT2D eigenvalue weighted by Gasteiger charge is -2.14. The molecule has 0 aliphatic carbocycles. The molecule has 0 radical (unpaired) electrons. The average Bonchev–Trinajstić information content (AvgIpc) is 2.52. The Morgan fingerprint density at radius 3 is 1.91 bits per heavy atom. The van der Waals surface area contributed by atoms with E-state index in [1.807, 2.05) is 12.1 Å². The lowest BCUT2D eigenvalue weighted by Crippen LogP contribution is -2.23. The number of halogens is 2. The summed E-state index contributed by atoms with van der Waals surface area (Å²) in [6, 6.07) is 3.89. The molecule has 23 heavy (non-hydrogen) atoms. The minimum absolute atomic E-state index is 0. The van der Waals surface area contributed by atoms with Crippen molar-refractivity contribution in [1.29, 1.82) is 0 Å². The lowest BCUT2D eigenvalue weighted by atomic mass is 10.1. The van der Waals surface area contributed by atoms with E-state index in [1.54, 1.807) is 21.3 Å². The van der Waals surface area contributed by atoms with Gasteiger partial charge in [-0.25, -0.2) is 0 Å². The summed E-state index contributed by atoms with van der Waals surface area (Å²) in [5.74, 6) is 1.94. The number of benzene rings is 1. The number of rotatable bonds is 11. The molecule has 0 aliphatic rings. The van der Waals surface area contributed by atoms with Crippen LogP contribution in [0.5, 0.6) is 17.2 Å². The number of methoxy groups -OCH3 is 3. The van der Waals surface area contributed by atoms with Crippen LogP contribution in [-0.4, -0.2) is 52.7 Å². The molecule has 0 aromatic heterocycles. The van der Waals surface area contributed by atoms with Gasteiger partial charge in [-0.15, -0.1) is 24.8 Å². The fourth-order valence-corrected chi connectivity index (χ4v) is 2.01. The van der Waals surface area contributed by atoms with Crippen LogP contribution >= 0.6 is 24.8 Å². The minimum Gasteiger partial charge on any atom is -0.493 e. The molecule has 0 bridgehead atoms. The molecule has 0 heterocycles. The van der Waals surface area contributed by atoms with E-state index in [-0.39, 0.29) is 31.4 Å². The predicted molar refractivity (Wildman–Crippen MR) is 96.9 cm³/mol. The fraction of sp³-hybridized carbons (Fsp3) is 0.600. The van der Waals surface area contributed by atoms with E-state index in [0.717, 1.165) is 31.6 Å². The number of aliphatic hydroxyl groups is 1. The second-order valence-electron chi connectivity index (χ2n) is 4.54. The number of nitrogens with one attached hydrogen (secondary N) is 2. The van der Waals surface area contributed by atoms with E-state index in [0.29, 0.717) is 23.8 Å². The summed E-state index contributed by atoms with van der Waals surface area (Å²) >= 11 is 0. The molecule has 0 aliphatic heterocycles. The normalized spacial score (nSPS) is 9.57. The Hall–Kier alpha value is -0.920. The van der Waals surface area contributed by atoms with Crippen LogP contribution in [0, 0.1) is 0 Å². The van der Waals surface area contributed by atoms with Gasteiger partial charge in [-0.2, -0.15) is 0 Å². The summed E-state index contributed by atoms with van der Waals surface area (Å²) < 4.78 is 15.9. The predicted octanol–water partition coefficient (Wildman–Crippen LogP) is 1.62. The number of ether oxygens (including phenoxy) is 3. The van der Waals surface area contributed by atoms with Crippen molar-refractivity contribution in [3.63, 3.8) is 0 Å². The quantitative estimate of drug-likeness (QED) is 0.514. The zero-order chi connectivity index (χ0) is 15.5. The Morgan fingerprint density at radius 1 is 0.870 bits per heavy atom. The third kappa shape index (κ3) is 8.48. The first-order chi connectivity index (χ1) is 10.3. The van der Waals surface area contributed by atoms with Crippen molar-refractivity contribution in [1.82, 2.24) is 10.6 Å². The summed E-state index contributed by atoms with van der Waals surface area (Å²) in [6.07, 6.45) is 1.00. The van der Waals surface area contributed by atoms with Crippen molar-refractivity contribution in [2.45, 2.75) is 13.0 Å². The van der Waals surface area contributed by atoms with Crippen molar-refractivity contribution in [2.75, 3.05) is 47.6 Å². The first kappa shape index (κ1) is 24.3. The van der Waals surface area contributed by atoms with Gasteiger partial charge in [0.25, 0.3) is 0 Å². The average molecular weight is 371 g/mol. The van der Waals surface area contributed by atoms with Gasteiger partial charge in [0.1, 0.15) is 0 Å². The minimum atomic E-state index is 0. The van der Waals surface area contributed by atoms with Crippen LogP contribution in [0.2, 0.25) is 0 Å². The highest BCUT2D eigenvalue weighted by Crippen LogP contribution is 2.38. The summed E-state index contributed by atoms with van der Waals surface area (Å²) in [7, 11) is 4.82.